The Morgan fingerprint density at radius 3 is 2.65 bits per heavy atom. The second kappa shape index (κ2) is 3.79. The fourth-order valence-electron chi connectivity index (χ4n) is 3.75. The van der Waals surface area contributed by atoms with Crippen LogP contribution >= 0.6 is 0 Å². The standard InChI is InChI=1S/C16H15NO3/c1-2-16-9-8-11(20-16)12-13(16)15(19)17(14(12)18)10-6-4-3-5-7-10/h3-9,11-13H,2H2,1H3/t11-,12?,13?,16+/m0/s1. The Morgan fingerprint density at radius 1 is 1.20 bits per heavy atom. The Balaban J connectivity index is 1.79. The summed E-state index contributed by atoms with van der Waals surface area (Å²) in [6.07, 6.45) is 4.37. The zero-order valence-corrected chi connectivity index (χ0v) is 11.2. The number of rotatable bonds is 2. The van der Waals surface area contributed by atoms with Crippen LogP contribution in [0, 0.1) is 11.8 Å². The molecule has 4 nitrogen and oxygen atoms in total. The van der Waals surface area contributed by atoms with Crippen molar-refractivity contribution < 1.29 is 14.3 Å². The number of amides is 2. The third-order valence-electron chi connectivity index (χ3n) is 4.72. The largest absolute Gasteiger partial charge is 0.362 e. The van der Waals surface area contributed by atoms with Gasteiger partial charge in [0.25, 0.3) is 0 Å². The Labute approximate surface area is 117 Å². The van der Waals surface area contributed by atoms with Gasteiger partial charge in [-0.3, -0.25) is 9.59 Å². The van der Waals surface area contributed by atoms with Crippen LogP contribution in [0.5, 0.6) is 0 Å². The molecular formula is C16H15NO3. The minimum absolute atomic E-state index is 0.125. The predicted molar refractivity (Wildman–Crippen MR) is 73.0 cm³/mol. The topological polar surface area (TPSA) is 46.6 Å². The van der Waals surface area contributed by atoms with Gasteiger partial charge in [-0.05, 0) is 18.6 Å². The van der Waals surface area contributed by atoms with Crippen molar-refractivity contribution >= 4 is 17.5 Å². The van der Waals surface area contributed by atoms with E-state index in [0.29, 0.717) is 12.1 Å². The molecule has 4 heteroatoms. The monoisotopic (exact) mass is 269 g/mol. The Kier molecular flexibility index (Phi) is 2.25. The van der Waals surface area contributed by atoms with Crippen molar-refractivity contribution in [3.63, 3.8) is 0 Å². The maximum absolute atomic E-state index is 12.7. The lowest BCUT2D eigenvalue weighted by molar-refractivity contribution is -0.126. The maximum atomic E-state index is 12.7. The van der Waals surface area contributed by atoms with Gasteiger partial charge in [0.1, 0.15) is 0 Å². The molecule has 0 aliphatic carbocycles. The van der Waals surface area contributed by atoms with Crippen LogP contribution in [0.4, 0.5) is 5.69 Å². The van der Waals surface area contributed by atoms with Gasteiger partial charge in [0, 0.05) is 0 Å². The number of nitrogens with zero attached hydrogens (tertiary/aromatic N) is 1. The van der Waals surface area contributed by atoms with Crippen molar-refractivity contribution in [2.45, 2.75) is 25.0 Å². The first kappa shape index (κ1) is 11.9. The molecule has 1 aromatic carbocycles. The van der Waals surface area contributed by atoms with Crippen LogP contribution in [0.15, 0.2) is 42.5 Å². The zero-order chi connectivity index (χ0) is 13.9. The summed E-state index contributed by atoms with van der Waals surface area (Å²) in [5.74, 6) is -0.973. The summed E-state index contributed by atoms with van der Waals surface area (Å²) in [4.78, 5) is 26.7. The normalized spacial score (nSPS) is 37.9. The number of ether oxygens (including phenoxy) is 1. The highest BCUT2D eigenvalue weighted by molar-refractivity contribution is 6.23. The highest BCUT2D eigenvalue weighted by atomic mass is 16.5. The van der Waals surface area contributed by atoms with E-state index < -0.39 is 5.60 Å². The number of imide groups is 1. The first-order chi connectivity index (χ1) is 9.68. The average molecular weight is 269 g/mol. The number of para-hydroxylation sites is 1. The number of benzene rings is 1. The fourth-order valence-corrected chi connectivity index (χ4v) is 3.75. The molecule has 3 aliphatic heterocycles. The van der Waals surface area contributed by atoms with Crippen molar-refractivity contribution in [2.75, 3.05) is 4.90 Å². The lowest BCUT2D eigenvalue weighted by Gasteiger charge is -2.27. The number of carbonyl (C=O) groups is 2. The zero-order valence-electron chi connectivity index (χ0n) is 11.2. The summed E-state index contributed by atoms with van der Waals surface area (Å²) in [6.45, 7) is 2.00. The number of hydrogen-bond donors (Lipinski definition) is 0. The number of fused-ring (bicyclic) bond motifs is 5. The van der Waals surface area contributed by atoms with E-state index in [2.05, 4.69) is 0 Å². The molecule has 2 fully saturated rings. The van der Waals surface area contributed by atoms with Crippen molar-refractivity contribution in [2.24, 2.45) is 11.8 Å². The second-order valence-electron chi connectivity index (χ2n) is 5.60. The minimum Gasteiger partial charge on any atom is -0.362 e. The highest BCUT2D eigenvalue weighted by Gasteiger charge is 2.67. The number of carbonyl (C=O) groups excluding carboxylic acids is 2. The smallest absolute Gasteiger partial charge is 0.241 e. The summed E-state index contributed by atoms with van der Waals surface area (Å²) in [6, 6.07) is 9.14. The minimum atomic E-state index is -0.578. The Bertz CT molecular complexity index is 624. The van der Waals surface area contributed by atoms with Crippen LogP contribution in [0.25, 0.3) is 0 Å². The third-order valence-corrected chi connectivity index (χ3v) is 4.72. The van der Waals surface area contributed by atoms with E-state index in [0.717, 1.165) is 0 Å². The molecule has 4 rings (SSSR count). The molecule has 2 bridgehead atoms. The summed E-state index contributed by atoms with van der Waals surface area (Å²) in [5.41, 5.74) is 0.0774. The first-order valence-corrected chi connectivity index (χ1v) is 6.98. The SMILES string of the molecule is CC[C@]12C=C[C@H](O1)C1C(=O)N(c3ccccc3)C(=O)C12. The van der Waals surface area contributed by atoms with Gasteiger partial charge in [-0.1, -0.05) is 37.3 Å². The highest BCUT2D eigenvalue weighted by Crippen LogP contribution is 2.53. The van der Waals surface area contributed by atoms with Gasteiger partial charge in [0.2, 0.25) is 11.8 Å². The summed E-state index contributed by atoms with van der Waals surface area (Å²) in [5, 5.41) is 0. The molecule has 0 aromatic heterocycles. The van der Waals surface area contributed by atoms with E-state index in [4.69, 9.17) is 4.74 Å². The molecule has 4 atom stereocenters. The van der Waals surface area contributed by atoms with Crippen molar-refractivity contribution in [1.82, 2.24) is 0 Å². The van der Waals surface area contributed by atoms with E-state index in [1.807, 2.05) is 37.3 Å². The summed E-state index contributed by atoms with van der Waals surface area (Å²) in [7, 11) is 0. The van der Waals surface area contributed by atoms with Crippen LogP contribution in [0.1, 0.15) is 13.3 Å². The molecule has 0 N–H and O–H groups in total. The molecule has 1 aromatic rings. The molecule has 3 aliphatic rings. The van der Waals surface area contributed by atoms with Crippen molar-refractivity contribution in [3.05, 3.63) is 42.5 Å². The quantitative estimate of drug-likeness (QED) is 0.608. The van der Waals surface area contributed by atoms with E-state index in [1.54, 1.807) is 12.1 Å². The van der Waals surface area contributed by atoms with Crippen molar-refractivity contribution in [1.29, 1.82) is 0 Å². The Morgan fingerprint density at radius 2 is 1.95 bits per heavy atom. The van der Waals surface area contributed by atoms with Gasteiger partial charge in [-0.25, -0.2) is 4.90 Å². The molecule has 2 saturated heterocycles. The lowest BCUT2D eigenvalue weighted by atomic mass is 9.76. The van der Waals surface area contributed by atoms with E-state index in [1.165, 1.54) is 4.90 Å². The molecule has 2 unspecified atom stereocenters. The third kappa shape index (κ3) is 1.25. The van der Waals surface area contributed by atoms with E-state index in [-0.39, 0.29) is 29.8 Å². The van der Waals surface area contributed by atoms with Crippen LogP contribution < -0.4 is 4.90 Å². The van der Waals surface area contributed by atoms with Crippen LogP contribution in [0.2, 0.25) is 0 Å². The molecule has 102 valence electrons. The number of anilines is 1. The van der Waals surface area contributed by atoms with E-state index in [9.17, 15) is 9.59 Å². The molecule has 20 heavy (non-hydrogen) atoms. The lowest BCUT2D eigenvalue weighted by Crippen LogP contribution is -2.40. The van der Waals surface area contributed by atoms with E-state index >= 15 is 0 Å². The van der Waals surface area contributed by atoms with Crippen LogP contribution in [-0.2, 0) is 14.3 Å². The Hall–Kier alpha value is -1.94. The molecule has 3 heterocycles. The van der Waals surface area contributed by atoms with Gasteiger partial charge in [-0.15, -0.1) is 0 Å². The first-order valence-electron chi connectivity index (χ1n) is 6.98. The molecule has 0 spiro atoms. The van der Waals surface area contributed by atoms with Crippen molar-refractivity contribution in [3.8, 4) is 0 Å². The van der Waals surface area contributed by atoms with Gasteiger partial charge in [0.05, 0.1) is 29.2 Å². The van der Waals surface area contributed by atoms with Crippen LogP contribution in [0.3, 0.4) is 0 Å². The molecule has 2 amide bonds. The average Bonchev–Trinajstić information content (AvgIpc) is 3.11. The predicted octanol–water partition coefficient (Wildman–Crippen LogP) is 1.91. The van der Waals surface area contributed by atoms with Crippen LogP contribution in [-0.4, -0.2) is 23.5 Å². The molecule has 0 radical (unpaired) electrons. The number of hydrogen-bond acceptors (Lipinski definition) is 3. The van der Waals surface area contributed by atoms with Gasteiger partial charge in [-0.2, -0.15) is 0 Å². The second-order valence-corrected chi connectivity index (χ2v) is 5.60. The molecule has 0 saturated carbocycles. The summed E-state index contributed by atoms with van der Waals surface area (Å²) < 4.78 is 5.92. The molecular weight excluding hydrogens is 254 g/mol. The van der Waals surface area contributed by atoms with Gasteiger partial charge in [0.15, 0.2) is 0 Å². The maximum Gasteiger partial charge on any atom is 0.241 e. The summed E-state index contributed by atoms with van der Waals surface area (Å²) >= 11 is 0. The fraction of sp³-hybridized carbons (Fsp3) is 0.375. The van der Waals surface area contributed by atoms with Gasteiger partial charge < -0.3 is 4.74 Å². The van der Waals surface area contributed by atoms with Gasteiger partial charge >= 0.3 is 0 Å².